The molecule has 0 aliphatic carbocycles. The molecule has 8 nitrogen and oxygen atoms in total. The van der Waals surface area contributed by atoms with E-state index in [0.29, 0.717) is 6.54 Å². The molecule has 0 aromatic heterocycles. The summed E-state index contributed by atoms with van der Waals surface area (Å²) in [5.74, 6) is 0. The highest BCUT2D eigenvalue weighted by molar-refractivity contribution is 7.90. The van der Waals surface area contributed by atoms with Crippen LogP contribution in [0.25, 0.3) is 0 Å². The summed E-state index contributed by atoms with van der Waals surface area (Å²) in [6.45, 7) is 6.49. The van der Waals surface area contributed by atoms with Crippen molar-refractivity contribution in [3.8, 4) is 6.07 Å². The molecule has 0 bridgehead atoms. The molecule has 0 N–H and O–H groups in total. The van der Waals surface area contributed by atoms with E-state index >= 15 is 0 Å². The molecular weight excluding hydrogens is 320 g/mol. The van der Waals surface area contributed by atoms with Gasteiger partial charge in [0.05, 0.1) is 18.5 Å². The minimum Gasteiger partial charge on any atom is -0.444 e. The first-order valence-corrected chi connectivity index (χ1v) is 9.12. The Balaban J connectivity index is 2.09. The van der Waals surface area contributed by atoms with Crippen molar-refractivity contribution in [2.75, 3.05) is 33.2 Å². The fraction of sp³-hybridized carbons (Fsp3) is 0.857. The minimum atomic E-state index is -3.46. The van der Waals surface area contributed by atoms with Gasteiger partial charge in [-0.3, -0.25) is 4.90 Å². The van der Waals surface area contributed by atoms with Gasteiger partial charge in [0.25, 0.3) is 0 Å². The van der Waals surface area contributed by atoms with Crippen molar-refractivity contribution in [1.29, 1.82) is 5.26 Å². The summed E-state index contributed by atoms with van der Waals surface area (Å²) in [6.07, 6.45) is -0.421. The van der Waals surface area contributed by atoms with Crippen LogP contribution in [0.4, 0.5) is 4.79 Å². The van der Waals surface area contributed by atoms with Crippen molar-refractivity contribution in [2.45, 2.75) is 44.2 Å². The third-order valence-corrected chi connectivity index (χ3v) is 6.21. The largest absolute Gasteiger partial charge is 0.444 e. The number of likely N-dealkylation sites (N-methyl/N-ethyl adjacent to an activating group) is 1. The summed E-state index contributed by atoms with van der Waals surface area (Å²) in [4.78, 5) is 15.4. The number of amides is 1. The highest BCUT2D eigenvalue weighted by Crippen LogP contribution is 2.28. The van der Waals surface area contributed by atoms with Crippen molar-refractivity contribution in [3.63, 3.8) is 0 Å². The first-order valence-electron chi connectivity index (χ1n) is 7.62. The molecule has 130 valence electrons. The van der Waals surface area contributed by atoms with Gasteiger partial charge in [-0.1, -0.05) is 0 Å². The lowest BCUT2D eigenvalue weighted by Crippen LogP contribution is -2.57. The van der Waals surface area contributed by atoms with Crippen LogP contribution in [-0.4, -0.2) is 78.9 Å². The SMILES string of the molecule is CN1CC1S(=O)(=O)N1CCN(C(=O)OC(C)(C)C)CC1CC#N. The summed E-state index contributed by atoms with van der Waals surface area (Å²) in [5.41, 5.74) is -0.609. The first-order chi connectivity index (χ1) is 10.6. The van der Waals surface area contributed by atoms with Crippen molar-refractivity contribution in [2.24, 2.45) is 0 Å². The van der Waals surface area contributed by atoms with E-state index in [1.807, 2.05) is 6.07 Å². The Hall–Kier alpha value is -1.37. The third-order valence-electron chi connectivity index (χ3n) is 3.88. The number of carbonyl (C=O) groups is 1. The van der Waals surface area contributed by atoms with Crippen LogP contribution < -0.4 is 0 Å². The highest BCUT2D eigenvalue weighted by atomic mass is 32.2. The van der Waals surface area contributed by atoms with Gasteiger partial charge in [0, 0.05) is 26.2 Å². The number of hydrogen-bond donors (Lipinski definition) is 0. The monoisotopic (exact) mass is 344 g/mol. The average molecular weight is 344 g/mol. The van der Waals surface area contributed by atoms with Crippen LogP contribution >= 0.6 is 0 Å². The molecule has 0 spiro atoms. The van der Waals surface area contributed by atoms with Gasteiger partial charge < -0.3 is 9.64 Å². The second-order valence-corrected chi connectivity index (χ2v) is 9.04. The van der Waals surface area contributed by atoms with Gasteiger partial charge in [-0.2, -0.15) is 9.57 Å². The Morgan fingerprint density at radius 3 is 2.39 bits per heavy atom. The van der Waals surface area contributed by atoms with Crippen molar-refractivity contribution < 1.29 is 17.9 Å². The maximum atomic E-state index is 12.6. The van der Waals surface area contributed by atoms with Crippen LogP contribution in [0.15, 0.2) is 0 Å². The van der Waals surface area contributed by atoms with Gasteiger partial charge in [0.2, 0.25) is 10.0 Å². The van der Waals surface area contributed by atoms with E-state index < -0.39 is 33.1 Å². The van der Waals surface area contributed by atoms with Gasteiger partial charge in [-0.15, -0.1) is 0 Å². The molecule has 2 saturated heterocycles. The molecular formula is C14H24N4O4S. The number of piperazine rings is 1. The summed E-state index contributed by atoms with van der Waals surface area (Å²) in [6, 6.07) is 1.49. The molecule has 3 unspecified atom stereocenters. The van der Waals surface area contributed by atoms with E-state index in [2.05, 4.69) is 0 Å². The summed E-state index contributed by atoms with van der Waals surface area (Å²) >= 11 is 0. The average Bonchev–Trinajstić information content (AvgIpc) is 3.15. The molecule has 2 heterocycles. The maximum Gasteiger partial charge on any atom is 0.410 e. The Morgan fingerprint density at radius 2 is 1.91 bits per heavy atom. The Kier molecular flexibility index (Phi) is 4.89. The van der Waals surface area contributed by atoms with Gasteiger partial charge >= 0.3 is 6.09 Å². The summed E-state index contributed by atoms with van der Waals surface area (Å²) in [5, 5.41) is 8.50. The van der Waals surface area contributed by atoms with Gasteiger partial charge in [0.15, 0.2) is 0 Å². The standard InChI is InChI=1S/C14H24N4O4S/c1-14(2,3)22-13(19)17-7-8-18(11(9-17)5-6-15)23(20,21)12-10-16(12)4/h11-12H,5,7-10H2,1-4H3. The molecule has 2 rings (SSSR count). The summed E-state index contributed by atoms with van der Waals surface area (Å²) in [7, 11) is -1.72. The topological polar surface area (TPSA) is 93.7 Å². The van der Waals surface area contributed by atoms with Gasteiger partial charge in [-0.25, -0.2) is 13.2 Å². The number of ether oxygens (including phenoxy) is 1. The maximum absolute atomic E-state index is 12.6. The van der Waals surface area contributed by atoms with Crippen molar-refractivity contribution in [3.05, 3.63) is 0 Å². The lowest BCUT2D eigenvalue weighted by molar-refractivity contribution is 0.0134. The van der Waals surface area contributed by atoms with E-state index in [1.165, 1.54) is 9.21 Å². The van der Waals surface area contributed by atoms with Crippen LogP contribution in [0.3, 0.4) is 0 Å². The number of rotatable bonds is 3. The molecule has 3 atom stereocenters. The van der Waals surface area contributed by atoms with Crippen molar-refractivity contribution in [1.82, 2.24) is 14.1 Å². The summed E-state index contributed by atoms with van der Waals surface area (Å²) < 4.78 is 31.9. The van der Waals surface area contributed by atoms with Crippen LogP contribution in [0.1, 0.15) is 27.2 Å². The third kappa shape index (κ3) is 4.13. The predicted octanol–water partition coefficient (Wildman–Crippen LogP) is 0.423. The molecule has 23 heavy (non-hydrogen) atoms. The van der Waals surface area contributed by atoms with E-state index in [-0.39, 0.29) is 26.1 Å². The number of sulfonamides is 1. The Bertz CT molecular complexity index is 607. The molecule has 0 aromatic carbocycles. The molecule has 0 radical (unpaired) electrons. The number of hydrogen-bond acceptors (Lipinski definition) is 6. The number of nitriles is 1. The second kappa shape index (κ2) is 6.26. The fourth-order valence-corrected chi connectivity index (χ4v) is 4.70. The zero-order valence-corrected chi connectivity index (χ0v) is 14.8. The van der Waals surface area contributed by atoms with E-state index in [9.17, 15) is 13.2 Å². The fourth-order valence-electron chi connectivity index (χ4n) is 2.61. The van der Waals surface area contributed by atoms with Crippen LogP contribution in [0, 0.1) is 11.3 Å². The van der Waals surface area contributed by atoms with Crippen LogP contribution in [0.2, 0.25) is 0 Å². The zero-order chi connectivity index (χ0) is 17.4. The number of nitrogens with zero attached hydrogens (tertiary/aromatic N) is 4. The van der Waals surface area contributed by atoms with E-state index in [0.717, 1.165) is 0 Å². The molecule has 2 fully saturated rings. The minimum absolute atomic E-state index is 0.0506. The molecule has 9 heteroatoms. The Labute approximate surface area is 137 Å². The molecule has 2 aliphatic heterocycles. The lowest BCUT2D eigenvalue weighted by Gasteiger charge is -2.40. The molecule has 0 saturated carbocycles. The smallest absolute Gasteiger partial charge is 0.410 e. The van der Waals surface area contributed by atoms with Gasteiger partial charge in [0.1, 0.15) is 11.0 Å². The predicted molar refractivity (Wildman–Crippen MR) is 83.9 cm³/mol. The quantitative estimate of drug-likeness (QED) is 0.689. The zero-order valence-electron chi connectivity index (χ0n) is 14.0. The van der Waals surface area contributed by atoms with Crippen LogP contribution in [-0.2, 0) is 14.8 Å². The lowest BCUT2D eigenvalue weighted by atomic mass is 10.1. The molecule has 2 aliphatic rings. The van der Waals surface area contributed by atoms with Crippen LogP contribution in [0.5, 0.6) is 0 Å². The van der Waals surface area contributed by atoms with Gasteiger partial charge in [-0.05, 0) is 27.8 Å². The molecule has 1 amide bonds. The van der Waals surface area contributed by atoms with Crippen molar-refractivity contribution >= 4 is 16.1 Å². The van der Waals surface area contributed by atoms with E-state index in [4.69, 9.17) is 10.00 Å². The molecule has 0 aromatic rings. The highest BCUT2D eigenvalue weighted by Gasteiger charge is 2.49. The van der Waals surface area contributed by atoms with E-state index in [1.54, 1.807) is 32.7 Å². The Morgan fingerprint density at radius 1 is 1.30 bits per heavy atom. The number of carbonyl (C=O) groups excluding carboxylic acids is 1. The first kappa shape index (κ1) is 18.0. The normalized spacial score (nSPS) is 29.0. The second-order valence-electron chi connectivity index (χ2n) is 6.99.